The van der Waals surface area contributed by atoms with Crippen molar-refractivity contribution in [3.8, 4) is 0 Å². The first-order valence-corrected chi connectivity index (χ1v) is 6.14. The second kappa shape index (κ2) is 4.91. The molecule has 2 heterocycles. The molecule has 1 N–H and O–H groups in total. The Morgan fingerprint density at radius 1 is 1.50 bits per heavy atom. The number of hydrogen-bond donors (Lipinski definition) is 1. The lowest BCUT2D eigenvalue weighted by molar-refractivity contribution is -0.0169. The average Bonchev–Trinajstić information content (AvgIpc) is 2.72. The van der Waals surface area contributed by atoms with Crippen molar-refractivity contribution in [1.82, 2.24) is 5.32 Å². The van der Waals surface area contributed by atoms with Crippen LogP contribution in [0.3, 0.4) is 0 Å². The normalized spacial score (nSPS) is 20.9. The van der Waals surface area contributed by atoms with Gasteiger partial charge in [0.1, 0.15) is 0 Å². The van der Waals surface area contributed by atoms with Crippen molar-refractivity contribution in [2.24, 2.45) is 0 Å². The Morgan fingerprint density at radius 3 is 2.93 bits per heavy atom. The summed E-state index contributed by atoms with van der Waals surface area (Å²) in [7, 11) is 0. The number of nitrogens with one attached hydrogen (secondary N) is 1. The summed E-state index contributed by atoms with van der Waals surface area (Å²) in [5.41, 5.74) is 0. The summed E-state index contributed by atoms with van der Waals surface area (Å²) < 4.78 is 6.01. The third-order valence-corrected chi connectivity index (χ3v) is 3.66. The standard InChI is InChI=1S/C11H17NOS/c1-9(11-3-2-8-14-11)13-10-4-6-12-7-5-10/h2-3,8-10,12H,4-7H2,1H3. The summed E-state index contributed by atoms with van der Waals surface area (Å²) in [6.07, 6.45) is 3.01. The zero-order chi connectivity index (χ0) is 9.80. The van der Waals surface area contributed by atoms with Gasteiger partial charge in [0.25, 0.3) is 0 Å². The summed E-state index contributed by atoms with van der Waals surface area (Å²) in [5.74, 6) is 0. The van der Waals surface area contributed by atoms with Crippen LogP contribution in [0.4, 0.5) is 0 Å². The second-order valence-electron chi connectivity index (χ2n) is 3.74. The molecule has 0 spiro atoms. The molecule has 1 aliphatic rings. The van der Waals surface area contributed by atoms with Crippen LogP contribution in [0.15, 0.2) is 17.5 Å². The van der Waals surface area contributed by atoms with Gasteiger partial charge in [-0.05, 0) is 44.3 Å². The molecule has 0 radical (unpaired) electrons. The Hall–Kier alpha value is -0.380. The third-order valence-electron chi connectivity index (χ3n) is 2.63. The van der Waals surface area contributed by atoms with Crippen molar-refractivity contribution >= 4 is 11.3 Å². The molecule has 0 amide bonds. The largest absolute Gasteiger partial charge is 0.370 e. The Labute approximate surface area is 89.3 Å². The molecule has 1 aromatic heterocycles. The monoisotopic (exact) mass is 211 g/mol. The van der Waals surface area contributed by atoms with Crippen molar-refractivity contribution in [2.75, 3.05) is 13.1 Å². The Kier molecular flexibility index (Phi) is 3.56. The molecule has 78 valence electrons. The quantitative estimate of drug-likeness (QED) is 0.829. The van der Waals surface area contributed by atoms with E-state index in [0.717, 1.165) is 25.9 Å². The van der Waals surface area contributed by atoms with Crippen LogP contribution in [0.25, 0.3) is 0 Å². The van der Waals surface area contributed by atoms with E-state index in [-0.39, 0.29) is 6.10 Å². The van der Waals surface area contributed by atoms with Gasteiger partial charge >= 0.3 is 0 Å². The minimum atomic E-state index is 0.262. The molecule has 1 unspecified atom stereocenters. The summed E-state index contributed by atoms with van der Waals surface area (Å²) >= 11 is 1.78. The molecule has 1 aromatic rings. The maximum atomic E-state index is 6.01. The molecule has 1 fully saturated rings. The van der Waals surface area contributed by atoms with E-state index in [1.807, 2.05) is 0 Å². The number of piperidine rings is 1. The number of hydrogen-bond acceptors (Lipinski definition) is 3. The van der Waals surface area contributed by atoms with Crippen molar-refractivity contribution in [3.63, 3.8) is 0 Å². The van der Waals surface area contributed by atoms with Gasteiger partial charge in [0.2, 0.25) is 0 Å². The fourth-order valence-electron chi connectivity index (χ4n) is 1.81. The molecule has 0 bridgehead atoms. The van der Waals surface area contributed by atoms with Gasteiger partial charge in [0, 0.05) is 4.88 Å². The molecule has 1 aliphatic heterocycles. The lowest BCUT2D eigenvalue weighted by Gasteiger charge is -2.25. The predicted molar refractivity (Wildman–Crippen MR) is 59.7 cm³/mol. The maximum absolute atomic E-state index is 6.01. The highest BCUT2D eigenvalue weighted by Gasteiger charge is 2.17. The molecule has 2 rings (SSSR count). The number of rotatable bonds is 3. The van der Waals surface area contributed by atoms with Gasteiger partial charge in [-0.25, -0.2) is 0 Å². The fourth-order valence-corrected chi connectivity index (χ4v) is 2.53. The maximum Gasteiger partial charge on any atom is 0.0892 e. The van der Waals surface area contributed by atoms with Gasteiger partial charge < -0.3 is 10.1 Å². The van der Waals surface area contributed by atoms with E-state index >= 15 is 0 Å². The van der Waals surface area contributed by atoms with Crippen molar-refractivity contribution in [1.29, 1.82) is 0 Å². The summed E-state index contributed by atoms with van der Waals surface area (Å²) in [4.78, 5) is 1.34. The molecule has 14 heavy (non-hydrogen) atoms. The van der Waals surface area contributed by atoms with Crippen LogP contribution in [-0.2, 0) is 4.74 Å². The Bertz CT molecular complexity index is 254. The summed E-state index contributed by atoms with van der Waals surface area (Å²) in [5, 5.41) is 5.45. The summed E-state index contributed by atoms with van der Waals surface area (Å²) in [6.45, 7) is 4.34. The molecule has 3 heteroatoms. The van der Waals surface area contributed by atoms with Crippen molar-refractivity contribution < 1.29 is 4.74 Å². The van der Waals surface area contributed by atoms with Crippen LogP contribution in [0.2, 0.25) is 0 Å². The highest BCUT2D eigenvalue weighted by molar-refractivity contribution is 7.10. The highest BCUT2D eigenvalue weighted by Crippen LogP contribution is 2.25. The van der Waals surface area contributed by atoms with Crippen molar-refractivity contribution in [2.45, 2.75) is 32.0 Å². The van der Waals surface area contributed by atoms with Crippen LogP contribution in [0.1, 0.15) is 30.7 Å². The molecule has 0 aliphatic carbocycles. The molecule has 1 saturated heterocycles. The van der Waals surface area contributed by atoms with E-state index < -0.39 is 0 Å². The zero-order valence-electron chi connectivity index (χ0n) is 8.53. The first-order chi connectivity index (χ1) is 6.86. The van der Waals surface area contributed by atoms with E-state index in [0.29, 0.717) is 6.10 Å². The lowest BCUT2D eigenvalue weighted by Crippen LogP contribution is -2.32. The van der Waals surface area contributed by atoms with Gasteiger partial charge in [-0.1, -0.05) is 6.07 Å². The topological polar surface area (TPSA) is 21.3 Å². The number of ether oxygens (including phenoxy) is 1. The molecule has 0 saturated carbocycles. The van der Waals surface area contributed by atoms with Gasteiger partial charge in [0.15, 0.2) is 0 Å². The zero-order valence-corrected chi connectivity index (χ0v) is 9.35. The molecule has 2 nitrogen and oxygen atoms in total. The third kappa shape index (κ3) is 2.56. The van der Waals surface area contributed by atoms with E-state index in [9.17, 15) is 0 Å². The van der Waals surface area contributed by atoms with Gasteiger partial charge in [-0.3, -0.25) is 0 Å². The SMILES string of the molecule is CC(OC1CCNCC1)c1cccs1. The van der Waals surface area contributed by atoms with Crippen LogP contribution in [0, 0.1) is 0 Å². The Morgan fingerprint density at radius 2 is 2.29 bits per heavy atom. The number of thiophene rings is 1. The fraction of sp³-hybridized carbons (Fsp3) is 0.636. The van der Waals surface area contributed by atoms with E-state index in [2.05, 4.69) is 29.8 Å². The first kappa shape index (κ1) is 10.1. The summed E-state index contributed by atoms with van der Waals surface area (Å²) in [6, 6.07) is 4.23. The average molecular weight is 211 g/mol. The van der Waals surface area contributed by atoms with Gasteiger partial charge in [-0.2, -0.15) is 0 Å². The molecule has 0 aromatic carbocycles. The molecular weight excluding hydrogens is 194 g/mol. The van der Waals surface area contributed by atoms with Gasteiger partial charge in [0.05, 0.1) is 12.2 Å². The minimum absolute atomic E-state index is 0.262. The molecule has 1 atom stereocenters. The van der Waals surface area contributed by atoms with Gasteiger partial charge in [-0.15, -0.1) is 11.3 Å². The van der Waals surface area contributed by atoms with Crippen LogP contribution in [0.5, 0.6) is 0 Å². The van der Waals surface area contributed by atoms with Crippen LogP contribution < -0.4 is 5.32 Å². The smallest absolute Gasteiger partial charge is 0.0892 e. The van der Waals surface area contributed by atoms with E-state index in [1.54, 1.807) is 11.3 Å². The first-order valence-electron chi connectivity index (χ1n) is 5.26. The van der Waals surface area contributed by atoms with Crippen LogP contribution in [-0.4, -0.2) is 19.2 Å². The van der Waals surface area contributed by atoms with Crippen LogP contribution >= 0.6 is 11.3 Å². The predicted octanol–water partition coefficient (Wildman–Crippen LogP) is 2.58. The van der Waals surface area contributed by atoms with E-state index in [1.165, 1.54) is 4.88 Å². The lowest BCUT2D eigenvalue weighted by atomic mass is 10.1. The van der Waals surface area contributed by atoms with E-state index in [4.69, 9.17) is 4.74 Å². The minimum Gasteiger partial charge on any atom is -0.370 e. The van der Waals surface area contributed by atoms with Crippen molar-refractivity contribution in [3.05, 3.63) is 22.4 Å². The second-order valence-corrected chi connectivity index (χ2v) is 4.72. The Balaban J connectivity index is 1.84. The highest BCUT2D eigenvalue weighted by atomic mass is 32.1. The molecular formula is C11H17NOS.